The van der Waals surface area contributed by atoms with Crippen LogP contribution in [0.2, 0.25) is 0 Å². The van der Waals surface area contributed by atoms with Crippen molar-refractivity contribution in [3.8, 4) is 0 Å². The first-order valence-electron chi connectivity index (χ1n) is 4.61. The summed E-state index contributed by atoms with van der Waals surface area (Å²) in [7, 11) is 5.54. The highest BCUT2D eigenvalue weighted by atomic mass is 19.4. The van der Waals surface area contributed by atoms with Crippen molar-refractivity contribution in [1.29, 1.82) is 0 Å². The van der Waals surface area contributed by atoms with Crippen molar-refractivity contribution < 1.29 is 31.1 Å². The molecule has 0 N–H and O–H groups in total. The lowest BCUT2D eigenvalue weighted by atomic mass is 9.80. The summed E-state index contributed by atoms with van der Waals surface area (Å²) in [6.45, 7) is 0. The molecule has 0 bridgehead atoms. The number of rotatable bonds is 2. The standard InChI is InChI=1S/C10H7BF6O/c1-18-8(9(12,13)14,10(15,16)17)6-4-2-3-5-7(6)11/h2-5H,1H3. The molecular formula is C10H7BF6O. The van der Waals surface area contributed by atoms with Crippen LogP contribution >= 0.6 is 0 Å². The van der Waals surface area contributed by atoms with Gasteiger partial charge in [0.2, 0.25) is 0 Å². The molecular weight excluding hydrogens is 261 g/mol. The van der Waals surface area contributed by atoms with Crippen LogP contribution in [0.1, 0.15) is 5.56 Å². The van der Waals surface area contributed by atoms with E-state index in [-0.39, 0.29) is 0 Å². The van der Waals surface area contributed by atoms with E-state index >= 15 is 0 Å². The molecule has 0 aliphatic rings. The van der Waals surface area contributed by atoms with Gasteiger partial charge in [-0.2, -0.15) is 26.3 Å². The van der Waals surface area contributed by atoms with Gasteiger partial charge in [0.15, 0.2) is 0 Å². The third-order valence-corrected chi connectivity index (χ3v) is 2.44. The number of halogens is 6. The largest absolute Gasteiger partial charge is 0.430 e. The van der Waals surface area contributed by atoms with Crippen molar-refractivity contribution >= 4 is 13.3 Å². The Kier molecular flexibility index (Phi) is 3.71. The third-order valence-electron chi connectivity index (χ3n) is 2.44. The normalized spacial score (nSPS) is 13.7. The Bertz CT molecular complexity index is 411. The highest BCUT2D eigenvalue weighted by Gasteiger charge is 2.73. The Morgan fingerprint density at radius 1 is 0.944 bits per heavy atom. The van der Waals surface area contributed by atoms with E-state index in [0.29, 0.717) is 13.2 Å². The fraction of sp³-hybridized carbons (Fsp3) is 0.400. The Balaban J connectivity index is 3.63. The van der Waals surface area contributed by atoms with E-state index in [9.17, 15) is 26.3 Å². The van der Waals surface area contributed by atoms with Crippen molar-refractivity contribution in [3.63, 3.8) is 0 Å². The maximum atomic E-state index is 12.8. The minimum atomic E-state index is -5.69. The van der Waals surface area contributed by atoms with Gasteiger partial charge in [-0.3, -0.25) is 0 Å². The molecule has 0 spiro atoms. The summed E-state index contributed by atoms with van der Waals surface area (Å²) < 4.78 is 80.8. The second-order valence-corrected chi connectivity index (χ2v) is 3.47. The Hall–Kier alpha value is -1.18. The second kappa shape index (κ2) is 4.49. The molecule has 0 unspecified atom stereocenters. The molecule has 0 saturated carbocycles. The summed E-state index contributed by atoms with van der Waals surface area (Å²) >= 11 is 0. The first-order valence-corrected chi connectivity index (χ1v) is 4.61. The van der Waals surface area contributed by atoms with E-state index in [1.54, 1.807) is 0 Å². The summed E-state index contributed by atoms with van der Waals surface area (Å²) in [5, 5.41) is 0. The van der Waals surface area contributed by atoms with Crippen molar-refractivity contribution in [3.05, 3.63) is 29.8 Å². The molecule has 1 aromatic rings. The number of hydrogen-bond donors (Lipinski definition) is 0. The number of benzene rings is 1. The molecule has 0 amide bonds. The molecule has 1 rings (SSSR count). The predicted octanol–water partition coefficient (Wildman–Crippen LogP) is 2.45. The Labute approximate surface area is 100 Å². The summed E-state index contributed by atoms with van der Waals surface area (Å²) in [4.78, 5) is 0. The second-order valence-electron chi connectivity index (χ2n) is 3.47. The molecule has 0 heterocycles. The minimum absolute atomic E-state index is 0.341. The van der Waals surface area contributed by atoms with E-state index < -0.39 is 29.0 Å². The zero-order valence-electron chi connectivity index (χ0n) is 9.06. The lowest BCUT2D eigenvalue weighted by Crippen LogP contribution is -2.57. The molecule has 0 aliphatic heterocycles. The fourth-order valence-electron chi connectivity index (χ4n) is 1.63. The van der Waals surface area contributed by atoms with E-state index in [1.807, 2.05) is 0 Å². The van der Waals surface area contributed by atoms with Crippen LogP contribution < -0.4 is 5.46 Å². The Morgan fingerprint density at radius 2 is 1.39 bits per heavy atom. The maximum absolute atomic E-state index is 12.8. The smallest absolute Gasteiger partial charge is 0.357 e. The summed E-state index contributed by atoms with van der Waals surface area (Å²) in [6.07, 6.45) is -11.4. The van der Waals surface area contributed by atoms with E-state index in [0.717, 1.165) is 12.1 Å². The predicted molar refractivity (Wildman–Crippen MR) is 52.6 cm³/mol. The van der Waals surface area contributed by atoms with Gasteiger partial charge in [0.1, 0.15) is 7.85 Å². The van der Waals surface area contributed by atoms with Gasteiger partial charge in [0.25, 0.3) is 5.60 Å². The van der Waals surface area contributed by atoms with Crippen LogP contribution in [-0.2, 0) is 10.3 Å². The highest BCUT2D eigenvalue weighted by Crippen LogP contribution is 2.51. The lowest BCUT2D eigenvalue weighted by Gasteiger charge is -2.37. The van der Waals surface area contributed by atoms with Gasteiger partial charge in [-0.05, 0) is 5.56 Å². The van der Waals surface area contributed by atoms with Crippen LogP contribution in [0, 0.1) is 0 Å². The number of ether oxygens (including phenoxy) is 1. The Morgan fingerprint density at radius 3 is 1.72 bits per heavy atom. The topological polar surface area (TPSA) is 9.23 Å². The molecule has 1 nitrogen and oxygen atoms in total. The number of hydrogen-bond acceptors (Lipinski definition) is 1. The van der Waals surface area contributed by atoms with E-state index in [2.05, 4.69) is 4.74 Å². The quantitative estimate of drug-likeness (QED) is 0.591. The van der Waals surface area contributed by atoms with Gasteiger partial charge in [-0.15, -0.1) is 0 Å². The highest BCUT2D eigenvalue weighted by molar-refractivity contribution is 6.33. The fourth-order valence-corrected chi connectivity index (χ4v) is 1.63. The van der Waals surface area contributed by atoms with E-state index in [4.69, 9.17) is 7.85 Å². The lowest BCUT2D eigenvalue weighted by molar-refractivity contribution is -0.383. The maximum Gasteiger partial charge on any atom is 0.430 e. The molecule has 0 aromatic heterocycles. The van der Waals surface area contributed by atoms with Gasteiger partial charge >= 0.3 is 12.4 Å². The van der Waals surface area contributed by atoms with Crippen LogP contribution in [0.4, 0.5) is 26.3 Å². The van der Waals surface area contributed by atoms with Gasteiger partial charge < -0.3 is 4.74 Å². The van der Waals surface area contributed by atoms with Crippen molar-refractivity contribution in [2.75, 3.05) is 7.11 Å². The first-order chi connectivity index (χ1) is 8.08. The van der Waals surface area contributed by atoms with Gasteiger partial charge in [0.05, 0.1) is 0 Å². The first kappa shape index (κ1) is 14.9. The summed E-state index contributed by atoms with van der Waals surface area (Å²) in [6, 6.07) is 3.84. The van der Waals surface area contributed by atoms with Crippen LogP contribution in [-0.4, -0.2) is 27.3 Å². The number of alkyl halides is 6. The molecule has 0 saturated heterocycles. The number of methoxy groups -OCH3 is 1. The molecule has 0 fully saturated rings. The molecule has 2 radical (unpaired) electrons. The zero-order chi connectivity index (χ0) is 14.2. The van der Waals surface area contributed by atoms with Crippen LogP contribution in [0.15, 0.2) is 24.3 Å². The summed E-state index contributed by atoms with van der Waals surface area (Å²) in [5.41, 5.74) is -6.24. The van der Waals surface area contributed by atoms with Crippen molar-refractivity contribution in [2.24, 2.45) is 0 Å². The zero-order valence-corrected chi connectivity index (χ0v) is 9.06. The molecule has 98 valence electrons. The third kappa shape index (κ3) is 2.09. The van der Waals surface area contributed by atoms with Crippen molar-refractivity contribution in [1.82, 2.24) is 0 Å². The van der Waals surface area contributed by atoms with Crippen LogP contribution in [0.25, 0.3) is 0 Å². The van der Waals surface area contributed by atoms with E-state index in [1.165, 1.54) is 6.07 Å². The molecule has 0 aliphatic carbocycles. The molecule has 0 atom stereocenters. The monoisotopic (exact) mass is 268 g/mol. The molecule has 18 heavy (non-hydrogen) atoms. The van der Waals surface area contributed by atoms with Crippen LogP contribution in [0.5, 0.6) is 0 Å². The summed E-state index contributed by atoms with van der Waals surface area (Å²) in [5.74, 6) is 0. The molecule has 8 heteroatoms. The van der Waals surface area contributed by atoms with Crippen molar-refractivity contribution in [2.45, 2.75) is 18.0 Å². The SMILES string of the molecule is [B]c1ccccc1C(OC)(C(F)(F)F)C(F)(F)F. The average Bonchev–Trinajstić information content (AvgIpc) is 2.18. The van der Waals surface area contributed by atoms with Gasteiger partial charge in [0, 0.05) is 7.11 Å². The molecule has 1 aromatic carbocycles. The minimum Gasteiger partial charge on any atom is -0.357 e. The average molecular weight is 268 g/mol. The van der Waals surface area contributed by atoms with Gasteiger partial charge in [-0.25, -0.2) is 0 Å². The van der Waals surface area contributed by atoms with Crippen LogP contribution in [0.3, 0.4) is 0 Å². The van der Waals surface area contributed by atoms with Gasteiger partial charge in [-0.1, -0.05) is 29.7 Å².